The zero-order valence-corrected chi connectivity index (χ0v) is 10.2. The quantitative estimate of drug-likeness (QED) is 0.703. The van der Waals surface area contributed by atoms with Gasteiger partial charge in [-0.2, -0.15) is 0 Å². The Morgan fingerprint density at radius 3 is 2.12 bits per heavy atom. The molecule has 0 heterocycles. The SMILES string of the molecule is CC(CN(C)C(=O)N(C)C(C)CO)C(=O)O. The fraction of sp³-hybridized carbons (Fsp3) is 0.800. The van der Waals surface area contributed by atoms with Gasteiger partial charge < -0.3 is 20.0 Å². The van der Waals surface area contributed by atoms with Crippen molar-refractivity contribution in [1.82, 2.24) is 9.80 Å². The lowest BCUT2D eigenvalue weighted by molar-refractivity contribution is -0.141. The van der Waals surface area contributed by atoms with E-state index in [1.54, 1.807) is 27.9 Å². The van der Waals surface area contributed by atoms with Gasteiger partial charge in [0, 0.05) is 20.6 Å². The molecule has 0 aliphatic carbocycles. The maximum atomic E-state index is 11.7. The van der Waals surface area contributed by atoms with Crippen LogP contribution in [-0.2, 0) is 4.79 Å². The minimum Gasteiger partial charge on any atom is -0.481 e. The fourth-order valence-electron chi connectivity index (χ4n) is 1.15. The minimum atomic E-state index is -0.933. The van der Waals surface area contributed by atoms with E-state index in [2.05, 4.69) is 0 Å². The summed E-state index contributed by atoms with van der Waals surface area (Å²) in [6.07, 6.45) is 0. The number of carbonyl (C=O) groups is 2. The third-order valence-electron chi connectivity index (χ3n) is 2.52. The second kappa shape index (κ2) is 6.32. The van der Waals surface area contributed by atoms with Gasteiger partial charge in [0.1, 0.15) is 0 Å². The lowest BCUT2D eigenvalue weighted by atomic mass is 10.2. The molecule has 0 aliphatic heterocycles. The summed E-state index contributed by atoms with van der Waals surface area (Å²) in [7, 11) is 3.12. The fourth-order valence-corrected chi connectivity index (χ4v) is 1.15. The summed E-state index contributed by atoms with van der Waals surface area (Å²) in [6, 6.07) is -0.579. The summed E-state index contributed by atoms with van der Waals surface area (Å²) < 4.78 is 0. The van der Waals surface area contributed by atoms with E-state index >= 15 is 0 Å². The number of likely N-dealkylation sites (N-methyl/N-ethyl adjacent to an activating group) is 1. The number of carboxylic acid groups (broad SMARTS) is 1. The maximum absolute atomic E-state index is 11.7. The topological polar surface area (TPSA) is 81.1 Å². The molecule has 0 saturated heterocycles. The van der Waals surface area contributed by atoms with Gasteiger partial charge in [0.2, 0.25) is 0 Å². The maximum Gasteiger partial charge on any atom is 0.319 e. The van der Waals surface area contributed by atoms with Crippen LogP contribution in [0.1, 0.15) is 13.8 Å². The number of carboxylic acids is 1. The molecule has 6 nitrogen and oxygen atoms in total. The Labute approximate surface area is 95.5 Å². The molecule has 2 amide bonds. The molecule has 6 heteroatoms. The highest BCUT2D eigenvalue weighted by atomic mass is 16.4. The van der Waals surface area contributed by atoms with Crippen LogP contribution in [0.15, 0.2) is 0 Å². The van der Waals surface area contributed by atoms with Crippen LogP contribution in [0.4, 0.5) is 4.79 Å². The zero-order chi connectivity index (χ0) is 12.9. The zero-order valence-electron chi connectivity index (χ0n) is 10.2. The van der Waals surface area contributed by atoms with Crippen LogP contribution in [0.25, 0.3) is 0 Å². The van der Waals surface area contributed by atoms with Crippen LogP contribution >= 0.6 is 0 Å². The summed E-state index contributed by atoms with van der Waals surface area (Å²) >= 11 is 0. The first-order valence-electron chi connectivity index (χ1n) is 5.12. The molecular weight excluding hydrogens is 212 g/mol. The lowest BCUT2D eigenvalue weighted by Crippen LogP contribution is -2.46. The highest BCUT2D eigenvalue weighted by Gasteiger charge is 2.22. The first-order chi connectivity index (χ1) is 7.31. The molecule has 0 aromatic carbocycles. The number of rotatable bonds is 5. The predicted molar refractivity (Wildman–Crippen MR) is 59.1 cm³/mol. The third-order valence-corrected chi connectivity index (χ3v) is 2.52. The van der Waals surface area contributed by atoms with Crippen LogP contribution in [0.3, 0.4) is 0 Å². The molecule has 0 aromatic rings. The van der Waals surface area contributed by atoms with Crippen molar-refractivity contribution in [3.63, 3.8) is 0 Å². The third kappa shape index (κ3) is 4.06. The normalized spacial score (nSPS) is 14.1. The summed E-state index contributed by atoms with van der Waals surface area (Å²) in [5, 5.41) is 17.6. The van der Waals surface area contributed by atoms with Gasteiger partial charge in [0.25, 0.3) is 0 Å². The number of aliphatic hydroxyl groups is 1. The van der Waals surface area contributed by atoms with Gasteiger partial charge in [0.15, 0.2) is 0 Å². The Hall–Kier alpha value is -1.30. The smallest absolute Gasteiger partial charge is 0.319 e. The number of amides is 2. The van der Waals surface area contributed by atoms with Crippen LogP contribution in [-0.4, -0.2) is 65.3 Å². The van der Waals surface area contributed by atoms with Crippen molar-refractivity contribution >= 4 is 12.0 Å². The van der Waals surface area contributed by atoms with Gasteiger partial charge in [0.05, 0.1) is 18.6 Å². The van der Waals surface area contributed by atoms with E-state index in [9.17, 15) is 9.59 Å². The summed E-state index contributed by atoms with van der Waals surface area (Å²) in [4.78, 5) is 25.1. The van der Waals surface area contributed by atoms with E-state index in [1.165, 1.54) is 9.80 Å². The molecule has 2 N–H and O–H groups in total. The molecule has 16 heavy (non-hydrogen) atoms. The molecule has 0 aliphatic rings. The highest BCUT2D eigenvalue weighted by molar-refractivity contribution is 5.75. The molecule has 94 valence electrons. The molecule has 0 saturated carbocycles. The van der Waals surface area contributed by atoms with E-state index in [0.717, 1.165) is 0 Å². The van der Waals surface area contributed by atoms with Gasteiger partial charge in [-0.05, 0) is 6.92 Å². The number of carbonyl (C=O) groups excluding carboxylic acids is 1. The Bertz CT molecular complexity index is 257. The van der Waals surface area contributed by atoms with Gasteiger partial charge in [-0.25, -0.2) is 4.79 Å². The molecule has 0 fully saturated rings. The van der Waals surface area contributed by atoms with Crippen molar-refractivity contribution in [3.8, 4) is 0 Å². The van der Waals surface area contributed by atoms with Crippen LogP contribution in [0.5, 0.6) is 0 Å². The molecule has 2 atom stereocenters. The van der Waals surface area contributed by atoms with Crippen molar-refractivity contribution in [1.29, 1.82) is 0 Å². The molecular formula is C10H20N2O4. The van der Waals surface area contributed by atoms with Gasteiger partial charge in [-0.1, -0.05) is 6.92 Å². The van der Waals surface area contributed by atoms with E-state index in [-0.39, 0.29) is 25.2 Å². The number of hydrogen-bond donors (Lipinski definition) is 2. The predicted octanol–water partition coefficient (Wildman–Crippen LogP) is 0.0715. The monoisotopic (exact) mass is 232 g/mol. The Balaban J connectivity index is 4.33. The number of aliphatic carboxylic acids is 1. The Morgan fingerprint density at radius 1 is 1.25 bits per heavy atom. The summed E-state index contributed by atoms with van der Waals surface area (Å²) in [6.45, 7) is 3.29. The summed E-state index contributed by atoms with van der Waals surface area (Å²) in [5.74, 6) is -1.54. The standard InChI is InChI=1S/C10H20N2O4/c1-7(9(14)15)5-11(3)10(16)12(4)8(2)6-13/h7-8,13H,5-6H2,1-4H3,(H,14,15). The minimum absolute atomic E-state index is 0.120. The van der Waals surface area contributed by atoms with Crippen LogP contribution in [0, 0.1) is 5.92 Å². The van der Waals surface area contributed by atoms with Crippen molar-refractivity contribution in [2.75, 3.05) is 27.2 Å². The van der Waals surface area contributed by atoms with E-state index in [1.807, 2.05) is 0 Å². The Kier molecular flexibility index (Phi) is 5.81. The van der Waals surface area contributed by atoms with Crippen LogP contribution in [0.2, 0.25) is 0 Å². The van der Waals surface area contributed by atoms with Crippen LogP contribution < -0.4 is 0 Å². The molecule has 0 bridgehead atoms. The van der Waals surface area contributed by atoms with Crippen molar-refractivity contribution < 1.29 is 19.8 Å². The average molecular weight is 232 g/mol. The van der Waals surface area contributed by atoms with Crippen molar-refractivity contribution in [3.05, 3.63) is 0 Å². The second-order valence-corrected chi connectivity index (χ2v) is 4.04. The first kappa shape index (κ1) is 14.7. The number of aliphatic hydroxyl groups excluding tert-OH is 1. The molecule has 0 rings (SSSR count). The average Bonchev–Trinajstić information content (AvgIpc) is 2.25. The largest absolute Gasteiger partial charge is 0.481 e. The first-order valence-corrected chi connectivity index (χ1v) is 5.12. The molecule has 0 aromatic heterocycles. The van der Waals surface area contributed by atoms with E-state index < -0.39 is 11.9 Å². The van der Waals surface area contributed by atoms with Crippen molar-refractivity contribution in [2.45, 2.75) is 19.9 Å². The molecule has 2 unspecified atom stereocenters. The number of hydrogen-bond acceptors (Lipinski definition) is 3. The lowest BCUT2D eigenvalue weighted by Gasteiger charge is -2.29. The Morgan fingerprint density at radius 2 is 1.75 bits per heavy atom. The van der Waals surface area contributed by atoms with Gasteiger partial charge in [-0.15, -0.1) is 0 Å². The molecule has 0 radical (unpaired) electrons. The van der Waals surface area contributed by atoms with E-state index in [0.29, 0.717) is 0 Å². The number of urea groups is 1. The molecule has 0 spiro atoms. The van der Waals surface area contributed by atoms with E-state index in [4.69, 9.17) is 10.2 Å². The summed E-state index contributed by atoms with van der Waals surface area (Å²) in [5.41, 5.74) is 0. The van der Waals surface area contributed by atoms with Gasteiger partial charge >= 0.3 is 12.0 Å². The highest BCUT2D eigenvalue weighted by Crippen LogP contribution is 2.04. The van der Waals surface area contributed by atoms with Gasteiger partial charge in [-0.3, -0.25) is 4.79 Å². The van der Waals surface area contributed by atoms with Crippen molar-refractivity contribution in [2.24, 2.45) is 5.92 Å². The number of nitrogens with zero attached hydrogens (tertiary/aromatic N) is 2. The second-order valence-electron chi connectivity index (χ2n) is 4.04.